The fraction of sp³-hybridized carbons (Fsp3) is 0.250. The van der Waals surface area contributed by atoms with Crippen molar-refractivity contribution in [2.75, 3.05) is 26.1 Å². The molecule has 0 N–H and O–H groups in total. The van der Waals surface area contributed by atoms with Crippen LogP contribution >= 0.6 is 0 Å². The minimum absolute atomic E-state index is 0.202. The second-order valence-corrected chi connectivity index (χ2v) is 10.7. The van der Waals surface area contributed by atoms with Crippen molar-refractivity contribution in [2.24, 2.45) is 0 Å². The molecular formula is C32H34O6S. The van der Waals surface area contributed by atoms with E-state index in [1.807, 2.05) is 54.6 Å². The highest BCUT2D eigenvalue weighted by molar-refractivity contribution is 7.86. The van der Waals surface area contributed by atoms with Gasteiger partial charge >= 0.3 is 16.1 Å². The normalized spacial score (nSPS) is 11.8. The second-order valence-electron chi connectivity index (χ2n) is 9.12. The Labute approximate surface area is 231 Å². The molecule has 0 amide bonds. The van der Waals surface area contributed by atoms with Crippen LogP contribution in [0.4, 0.5) is 0 Å². The third-order valence-electron chi connectivity index (χ3n) is 6.03. The summed E-state index contributed by atoms with van der Waals surface area (Å²) in [6, 6.07) is 36.8. The smallest absolute Gasteiger partial charge is 0.312 e. The van der Waals surface area contributed by atoms with Crippen LogP contribution < -0.4 is 4.18 Å². The van der Waals surface area contributed by atoms with Gasteiger partial charge in [-0.05, 0) is 60.2 Å². The first-order chi connectivity index (χ1) is 18.9. The third-order valence-corrected chi connectivity index (χ3v) is 6.53. The fourth-order valence-corrected chi connectivity index (χ4v) is 4.57. The van der Waals surface area contributed by atoms with Crippen LogP contribution in [0.2, 0.25) is 0 Å². The molecule has 0 aliphatic rings. The highest BCUT2D eigenvalue weighted by Gasteiger charge is 2.36. The molecule has 4 aromatic rings. The first-order valence-electron chi connectivity index (χ1n) is 13.0. The van der Waals surface area contributed by atoms with Crippen LogP contribution in [0.15, 0.2) is 115 Å². The van der Waals surface area contributed by atoms with Gasteiger partial charge in [0.05, 0.1) is 26.1 Å². The molecule has 7 heteroatoms. The first-order valence-corrected chi connectivity index (χ1v) is 14.8. The molecule has 6 nitrogen and oxygen atoms in total. The Kier molecular flexibility index (Phi) is 10.3. The summed E-state index contributed by atoms with van der Waals surface area (Å²) >= 11 is 0. The highest BCUT2D eigenvalue weighted by Crippen LogP contribution is 2.32. The molecule has 0 saturated carbocycles. The Morgan fingerprint density at radius 2 is 0.897 bits per heavy atom. The molecule has 204 valence electrons. The molecule has 39 heavy (non-hydrogen) atoms. The van der Waals surface area contributed by atoms with E-state index in [-0.39, 0.29) is 5.75 Å². The lowest BCUT2D eigenvalue weighted by atomic mass is 10.1. The number of benzene rings is 4. The first kappa shape index (κ1) is 28.5. The van der Waals surface area contributed by atoms with E-state index >= 15 is 0 Å². The van der Waals surface area contributed by atoms with Crippen LogP contribution in [0.3, 0.4) is 0 Å². The van der Waals surface area contributed by atoms with E-state index in [1.54, 1.807) is 24.3 Å². The summed E-state index contributed by atoms with van der Waals surface area (Å²) in [6.07, 6.45) is 3.02. The van der Waals surface area contributed by atoms with E-state index in [0.29, 0.717) is 44.6 Å². The van der Waals surface area contributed by atoms with Crippen molar-refractivity contribution in [3.05, 3.63) is 138 Å². The molecule has 0 bridgehead atoms. The summed E-state index contributed by atoms with van der Waals surface area (Å²) in [4.78, 5) is 0. The van der Waals surface area contributed by atoms with Gasteiger partial charge in [0.2, 0.25) is 0 Å². The summed E-state index contributed by atoms with van der Waals surface area (Å²) in [5, 5.41) is 0. The van der Waals surface area contributed by atoms with Crippen LogP contribution in [0.25, 0.3) is 0 Å². The number of ether oxygens (including phenoxy) is 3. The van der Waals surface area contributed by atoms with E-state index in [9.17, 15) is 8.42 Å². The van der Waals surface area contributed by atoms with Gasteiger partial charge < -0.3 is 18.4 Å². The lowest BCUT2D eigenvalue weighted by molar-refractivity contribution is -0.392. The van der Waals surface area contributed by atoms with Crippen LogP contribution in [0, 0.1) is 0 Å². The topological polar surface area (TPSA) is 71.1 Å². The molecule has 0 unspecified atom stereocenters. The molecular weight excluding hydrogens is 512 g/mol. The molecule has 0 aromatic heterocycles. The van der Waals surface area contributed by atoms with Crippen molar-refractivity contribution in [1.82, 2.24) is 0 Å². The molecule has 0 aliphatic carbocycles. The van der Waals surface area contributed by atoms with Gasteiger partial charge in [0, 0.05) is 5.56 Å². The maximum Gasteiger partial charge on any atom is 0.312 e. The van der Waals surface area contributed by atoms with E-state index in [4.69, 9.17) is 18.4 Å². The average molecular weight is 547 g/mol. The third kappa shape index (κ3) is 9.33. The minimum atomic E-state index is -3.65. The Bertz CT molecular complexity index is 1250. The zero-order chi connectivity index (χ0) is 27.4. The average Bonchev–Trinajstić information content (AvgIpc) is 2.94. The molecule has 4 aromatic carbocycles. The monoisotopic (exact) mass is 546 g/mol. The summed E-state index contributed by atoms with van der Waals surface area (Å²) < 4.78 is 47.6. The van der Waals surface area contributed by atoms with Crippen LogP contribution in [-0.2, 0) is 49.6 Å². The lowest BCUT2D eigenvalue weighted by Crippen LogP contribution is -2.38. The number of hydrogen-bond acceptors (Lipinski definition) is 6. The summed E-state index contributed by atoms with van der Waals surface area (Å²) in [5.41, 5.74) is 4.02. The summed E-state index contributed by atoms with van der Waals surface area (Å²) in [6.45, 7) is 1.05. The van der Waals surface area contributed by atoms with E-state index in [2.05, 4.69) is 36.4 Å². The Balaban J connectivity index is 1.58. The molecule has 0 heterocycles. The fourth-order valence-electron chi connectivity index (χ4n) is 4.11. The van der Waals surface area contributed by atoms with Crippen molar-refractivity contribution in [3.8, 4) is 5.75 Å². The van der Waals surface area contributed by atoms with Gasteiger partial charge in [-0.25, -0.2) is 0 Å². The van der Waals surface area contributed by atoms with E-state index in [1.165, 1.54) is 0 Å². The van der Waals surface area contributed by atoms with Gasteiger partial charge in [0.1, 0.15) is 5.75 Å². The van der Waals surface area contributed by atoms with Crippen molar-refractivity contribution in [1.29, 1.82) is 0 Å². The maximum absolute atomic E-state index is 11.6. The van der Waals surface area contributed by atoms with Crippen molar-refractivity contribution in [2.45, 2.75) is 25.2 Å². The molecule has 4 rings (SSSR count). The lowest BCUT2D eigenvalue weighted by Gasteiger charge is -2.34. The van der Waals surface area contributed by atoms with Gasteiger partial charge in [-0.1, -0.05) is 91.0 Å². The zero-order valence-corrected chi connectivity index (χ0v) is 22.9. The molecule has 0 fully saturated rings. The summed E-state index contributed by atoms with van der Waals surface area (Å²) in [5.74, 6) is -1.30. The van der Waals surface area contributed by atoms with Gasteiger partial charge in [-0.15, -0.1) is 0 Å². The molecule has 0 radical (unpaired) electrons. The SMILES string of the molecule is CS(=O)(=O)Oc1ccc(C(OCCc2ccccc2)(OCCc2ccccc2)OCCc2ccccc2)cc1. The minimum Gasteiger partial charge on any atom is -0.383 e. The standard InChI is InChI=1S/C32H34O6S/c1-39(33,34)38-31-19-17-30(18-20-31)32(35-24-21-27-11-5-2-6-12-27,36-25-22-28-13-7-3-8-14-28)37-26-23-29-15-9-4-10-16-29/h2-20H,21-26H2,1H3. The molecule has 0 saturated heterocycles. The van der Waals surface area contributed by atoms with Crippen LogP contribution in [0.5, 0.6) is 5.75 Å². The molecule has 0 atom stereocenters. The number of hydrogen-bond donors (Lipinski definition) is 0. The Morgan fingerprint density at radius 3 is 1.23 bits per heavy atom. The van der Waals surface area contributed by atoms with Gasteiger partial charge in [0.15, 0.2) is 0 Å². The predicted octanol–water partition coefficient (Wildman–Crippen LogP) is 5.91. The Hall–Kier alpha value is -3.49. The van der Waals surface area contributed by atoms with Gasteiger partial charge in [-0.3, -0.25) is 0 Å². The maximum atomic E-state index is 11.6. The molecule has 0 aliphatic heterocycles. The van der Waals surface area contributed by atoms with E-state index < -0.39 is 16.1 Å². The predicted molar refractivity (Wildman–Crippen MR) is 152 cm³/mol. The van der Waals surface area contributed by atoms with Crippen LogP contribution in [-0.4, -0.2) is 34.5 Å². The molecule has 0 spiro atoms. The van der Waals surface area contributed by atoms with E-state index in [0.717, 1.165) is 22.9 Å². The van der Waals surface area contributed by atoms with Gasteiger partial charge in [-0.2, -0.15) is 8.42 Å². The van der Waals surface area contributed by atoms with Crippen molar-refractivity contribution < 1.29 is 26.8 Å². The quantitative estimate of drug-likeness (QED) is 0.136. The van der Waals surface area contributed by atoms with Crippen LogP contribution in [0.1, 0.15) is 22.3 Å². The zero-order valence-electron chi connectivity index (χ0n) is 22.1. The van der Waals surface area contributed by atoms with Gasteiger partial charge in [0.25, 0.3) is 0 Å². The Morgan fingerprint density at radius 1 is 0.538 bits per heavy atom. The summed E-state index contributed by atoms with van der Waals surface area (Å²) in [7, 11) is -3.65. The number of rotatable bonds is 15. The second kappa shape index (κ2) is 14.1. The van der Waals surface area contributed by atoms with Crippen molar-refractivity contribution >= 4 is 10.1 Å². The van der Waals surface area contributed by atoms with Crippen molar-refractivity contribution in [3.63, 3.8) is 0 Å². The largest absolute Gasteiger partial charge is 0.383 e. The highest BCUT2D eigenvalue weighted by atomic mass is 32.2.